The summed E-state index contributed by atoms with van der Waals surface area (Å²) in [7, 11) is 0.699. The lowest BCUT2D eigenvalue weighted by atomic mass is 9.91. The van der Waals surface area contributed by atoms with E-state index in [0.717, 1.165) is 13.1 Å². The van der Waals surface area contributed by atoms with E-state index in [-0.39, 0.29) is 0 Å². The zero-order chi connectivity index (χ0) is 18.3. The van der Waals surface area contributed by atoms with E-state index in [1.54, 1.807) is 28.6 Å². The van der Waals surface area contributed by atoms with Gasteiger partial charge in [-0.3, -0.25) is 4.90 Å². The molecule has 4 rings (SSSR count). The lowest BCUT2D eigenvalue weighted by molar-refractivity contribution is 0.0435. The summed E-state index contributed by atoms with van der Waals surface area (Å²) in [6.07, 6.45) is 0. The molecule has 2 unspecified atom stereocenters. The molecule has 6 heteroatoms. The van der Waals surface area contributed by atoms with Crippen LogP contribution in [0.5, 0.6) is 0 Å². The summed E-state index contributed by atoms with van der Waals surface area (Å²) in [4.78, 5) is 4.88. The molecule has 2 aromatic carbocycles. The van der Waals surface area contributed by atoms with E-state index in [4.69, 9.17) is 0 Å². The van der Waals surface area contributed by atoms with Gasteiger partial charge in [-0.25, -0.2) is 8.42 Å². The van der Waals surface area contributed by atoms with Crippen LogP contribution in [0.25, 0.3) is 0 Å². The van der Waals surface area contributed by atoms with Crippen LogP contribution in [-0.2, 0) is 16.6 Å². The Morgan fingerprint density at radius 3 is 2.31 bits per heavy atom. The molecule has 2 aliphatic heterocycles. The number of anilines is 1. The predicted octanol–water partition coefficient (Wildman–Crippen LogP) is 2.26. The Labute approximate surface area is 155 Å². The van der Waals surface area contributed by atoms with E-state index in [1.807, 2.05) is 20.2 Å². The molecule has 2 saturated heterocycles. The normalized spacial score (nSPS) is 23.5. The van der Waals surface area contributed by atoms with E-state index >= 15 is 0 Å². The molecule has 0 aliphatic carbocycles. The molecule has 0 aromatic heterocycles. The van der Waals surface area contributed by atoms with Crippen molar-refractivity contribution in [1.82, 2.24) is 9.21 Å². The molecule has 0 N–H and O–H groups in total. The van der Waals surface area contributed by atoms with Crippen molar-refractivity contribution in [3.63, 3.8) is 0 Å². The van der Waals surface area contributed by atoms with Gasteiger partial charge in [0.15, 0.2) is 0 Å². The smallest absolute Gasteiger partial charge is 0.243 e. The second-order valence-corrected chi connectivity index (χ2v) is 9.39. The second-order valence-electron chi connectivity index (χ2n) is 7.45. The summed E-state index contributed by atoms with van der Waals surface area (Å²) < 4.78 is 27.3. The van der Waals surface area contributed by atoms with Gasteiger partial charge in [0, 0.05) is 57.9 Å². The van der Waals surface area contributed by atoms with E-state index in [1.165, 1.54) is 11.3 Å². The predicted molar refractivity (Wildman–Crippen MR) is 104 cm³/mol. The summed E-state index contributed by atoms with van der Waals surface area (Å²) in [5.41, 5.74) is 2.47. The molecular formula is C20H25N3O2S. The summed E-state index contributed by atoms with van der Waals surface area (Å²) in [5, 5.41) is 0. The topological polar surface area (TPSA) is 43.9 Å². The minimum absolute atomic E-state index is 0.335. The zero-order valence-corrected chi connectivity index (χ0v) is 16.1. The molecule has 26 heavy (non-hydrogen) atoms. The quantitative estimate of drug-likeness (QED) is 0.809. The maximum atomic E-state index is 12.8. The van der Waals surface area contributed by atoms with Gasteiger partial charge in [-0.1, -0.05) is 30.3 Å². The molecule has 2 aromatic rings. The highest BCUT2D eigenvalue weighted by molar-refractivity contribution is 7.89. The van der Waals surface area contributed by atoms with Crippen molar-refractivity contribution in [2.45, 2.75) is 17.5 Å². The molecule has 0 amide bonds. The van der Waals surface area contributed by atoms with Crippen LogP contribution in [0.1, 0.15) is 5.56 Å². The summed E-state index contributed by atoms with van der Waals surface area (Å²) in [6.45, 7) is 3.09. The van der Waals surface area contributed by atoms with Gasteiger partial charge in [0.1, 0.15) is 0 Å². The summed E-state index contributed by atoms with van der Waals surface area (Å²) in [5.74, 6) is 0.453. The minimum atomic E-state index is -3.37. The Balaban J connectivity index is 1.41. The largest absolute Gasteiger partial charge is 0.378 e. The van der Waals surface area contributed by atoms with Crippen molar-refractivity contribution in [1.29, 1.82) is 0 Å². The van der Waals surface area contributed by atoms with Crippen LogP contribution < -0.4 is 4.90 Å². The third-order valence-corrected chi connectivity index (χ3v) is 7.38. The van der Waals surface area contributed by atoms with E-state index in [2.05, 4.69) is 34.1 Å². The second kappa shape index (κ2) is 6.68. The van der Waals surface area contributed by atoms with Crippen molar-refractivity contribution >= 4 is 15.7 Å². The number of rotatable bonds is 5. The third-order valence-electron chi connectivity index (χ3n) is 5.53. The Bertz CT molecular complexity index is 866. The van der Waals surface area contributed by atoms with Crippen molar-refractivity contribution in [2.75, 3.05) is 38.6 Å². The summed E-state index contributed by atoms with van der Waals surface area (Å²) >= 11 is 0. The lowest BCUT2D eigenvalue weighted by Gasteiger charge is -2.43. The maximum absolute atomic E-state index is 12.8. The highest BCUT2D eigenvalue weighted by Gasteiger charge is 2.48. The highest BCUT2D eigenvalue weighted by atomic mass is 32.2. The molecule has 0 radical (unpaired) electrons. The van der Waals surface area contributed by atoms with Crippen LogP contribution in [-0.4, -0.2) is 57.4 Å². The van der Waals surface area contributed by atoms with Crippen LogP contribution in [0.2, 0.25) is 0 Å². The number of hydrogen-bond donors (Lipinski definition) is 0. The fraction of sp³-hybridized carbons (Fsp3) is 0.400. The van der Waals surface area contributed by atoms with E-state index in [0.29, 0.717) is 29.9 Å². The number of nitrogens with zero attached hydrogens (tertiary/aromatic N) is 3. The van der Waals surface area contributed by atoms with Gasteiger partial charge in [-0.05, 0) is 29.8 Å². The van der Waals surface area contributed by atoms with Gasteiger partial charge in [0.05, 0.1) is 4.90 Å². The average molecular weight is 372 g/mol. The van der Waals surface area contributed by atoms with E-state index < -0.39 is 10.0 Å². The molecule has 2 aliphatic rings. The number of fused-ring (bicyclic) bond motifs is 1. The van der Waals surface area contributed by atoms with Crippen LogP contribution in [0.15, 0.2) is 59.5 Å². The lowest BCUT2D eigenvalue weighted by Crippen LogP contribution is -2.54. The summed E-state index contributed by atoms with van der Waals surface area (Å²) in [6, 6.07) is 17.7. The monoisotopic (exact) mass is 371 g/mol. The molecule has 0 bridgehead atoms. The molecule has 138 valence electrons. The third kappa shape index (κ3) is 3.13. The van der Waals surface area contributed by atoms with Gasteiger partial charge in [0.25, 0.3) is 0 Å². The first-order valence-corrected chi connectivity index (χ1v) is 10.4. The van der Waals surface area contributed by atoms with E-state index in [9.17, 15) is 8.42 Å². The molecule has 5 nitrogen and oxygen atoms in total. The Morgan fingerprint density at radius 1 is 0.962 bits per heavy atom. The Kier molecular flexibility index (Phi) is 4.50. The fourth-order valence-electron chi connectivity index (χ4n) is 3.96. The van der Waals surface area contributed by atoms with Gasteiger partial charge in [0.2, 0.25) is 10.0 Å². The zero-order valence-electron chi connectivity index (χ0n) is 15.2. The minimum Gasteiger partial charge on any atom is -0.378 e. The fourth-order valence-corrected chi connectivity index (χ4v) is 5.50. The van der Waals surface area contributed by atoms with Gasteiger partial charge in [-0.2, -0.15) is 4.31 Å². The highest BCUT2D eigenvalue weighted by Crippen LogP contribution is 2.36. The van der Waals surface area contributed by atoms with Crippen molar-refractivity contribution in [3.8, 4) is 0 Å². The first-order chi connectivity index (χ1) is 12.4. The van der Waals surface area contributed by atoms with Crippen molar-refractivity contribution in [3.05, 3.63) is 60.2 Å². The number of likely N-dealkylation sites (tertiary alicyclic amines) is 1. The van der Waals surface area contributed by atoms with Crippen LogP contribution in [0, 0.1) is 5.92 Å². The van der Waals surface area contributed by atoms with Crippen LogP contribution >= 0.6 is 0 Å². The maximum Gasteiger partial charge on any atom is 0.243 e. The molecular weight excluding hydrogens is 346 g/mol. The number of sulfonamides is 1. The van der Waals surface area contributed by atoms with Crippen molar-refractivity contribution in [2.24, 2.45) is 5.92 Å². The SMILES string of the molecule is CN(C)c1ccc(CN2CC3CN(S(=O)(=O)c4ccccc4)CC32)cc1. The number of hydrogen-bond acceptors (Lipinski definition) is 4. The first kappa shape index (κ1) is 17.5. The average Bonchev–Trinajstić information content (AvgIpc) is 2.98. The molecule has 2 atom stereocenters. The Hall–Kier alpha value is -1.89. The first-order valence-electron chi connectivity index (χ1n) is 9.00. The molecule has 2 fully saturated rings. The standard InChI is InChI=1S/C20H25N3O2S/c1-21(2)18-10-8-16(9-11-18)12-22-13-17-14-23(15-20(17)22)26(24,25)19-6-4-3-5-7-19/h3-11,17,20H,12-15H2,1-2H3. The molecule has 0 spiro atoms. The molecule has 2 heterocycles. The Morgan fingerprint density at radius 2 is 1.65 bits per heavy atom. The molecule has 0 saturated carbocycles. The van der Waals surface area contributed by atoms with Gasteiger partial charge in [-0.15, -0.1) is 0 Å². The van der Waals surface area contributed by atoms with Crippen molar-refractivity contribution < 1.29 is 8.42 Å². The van der Waals surface area contributed by atoms with Gasteiger partial charge >= 0.3 is 0 Å². The number of benzene rings is 2. The van der Waals surface area contributed by atoms with Crippen LogP contribution in [0.4, 0.5) is 5.69 Å². The van der Waals surface area contributed by atoms with Crippen LogP contribution in [0.3, 0.4) is 0 Å². The van der Waals surface area contributed by atoms with Gasteiger partial charge < -0.3 is 4.90 Å².